The van der Waals surface area contributed by atoms with Gasteiger partial charge in [-0.1, -0.05) is 6.07 Å². The average molecular weight is 641 g/mol. The first-order valence-corrected chi connectivity index (χ1v) is 15.9. The number of ether oxygens (including phenoxy) is 2. The normalized spacial score (nSPS) is 18.9. The number of hydrogen-bond acceptors (Lipinski definition) is 8. The molecule has 3 fully saturated rings. The van der Waals surface area contributed by atoms with Gasteiger partial charge in [0.2, 0.25) is 11.8 Å². The number of benzene rings is 1. The maximum Gasteiger partial charge on any atom is 0.409 e. The summed E-state index contributed by atoms with van der Waals surface area (Å²) in [6, 6.07) is 4.91. The zero-order chi connectivity index (χ0) is 32.8. The van der Waals surface area contributed by atoms with Gasteiger partial charge in [-0.05, 0) is 63.6 Å². The lowest BCUT2D eigenvalue weighted by atomic mass is 9.93. The van der Waals surface area contributed by atoms with Crippen LogP contribution in [0, 0.1) is 6.92 Å². The Labute approximate surface area is 266 Å². The lowest BCUT2D eigenvalue weighted by molar-refractivity contribution is -0.140. The Hall–Kier alpha value is -4.49. The zero-order valence-electron chi connectivity index (χ0n) is 26.3. The molecule has 0 spiro atoms. The van der Waals surface area contributed by atoms with Gasteiger partial charge in [-0.25, -0.2) is 14.2 Å². The van der Waals surface area contributed by atoms with Gasteiger partial charge in [0.15, 0.2) is 6.61 Å². The van der Waals surface area contributed by atoms with Crippen LogP contribution in [0.2, 0.25) is 0 Å². The predicted molar refractivity (Wildman–Crippen MR) is 165 cm³/mol. The van der Waals surface area contributed by atoms with Gasteiger partial charge in [0.1, 0.15) is 30.2 Å². The lowest BCUT2D eigenvalue weighted by Gasteiger charge is -2.35. The summed E-state index contributed by atoms with van der Waals surface area (Å²) < 4.78 is 25.1. The van der Waals surface area contributed by atoms with E-state index in [0.717, 1.165) is 24.8 Å². The highest BCUT2D eigenvalue weighted by Crippen LogP contribution is 2.28. The smallest absolute Gasteiger partial charge is 0.409 e. The number of aryl methyl sites for hydroxylation is 1. The number of nitrogens with zero attached hydrogens (tertiary/aromatic N) is 4. The molecule has 13 nitrogen and oxygen atoms in total. The number of fused-ring (bicyclic) bond motifs is 1. The fraction of sp³-hybridized carbons (Fsp3) is 0.562. The SMILES string of the molecule is CCOC(=O)N1CCN(C(=O)C(CF)NC(=O)c2cc(OCC(=O)N3CCCC3C(=O)NC3CCC3)c3ccc(C)cc3n2)CC1. The third-order valence-electron chi connectivity index (χ3n) is 8.71. The van der Waals surface area contributed by atoms with Gasteiger partial charge in [-0.15, -0.1) is 0 Å². The molecule has 2 aliphatic heterocycles. The van der Waals surface area contributed by atoms with Crippen molar-refractivity contribution in [3.63, 3.8) is 0 Å². The Kier molecular flexibility index (Phi) is 10.5. The van der Waals surface area contributed by atoms with E-state index in [-0.39, 0.29) is 68.7 Å². The Morgan fingerprint density at radius 2 is 1.74 bits per heavy atom. The topological polar surface area (TPSA) is 150 Å². The van der Waals surface area contributed by atoms with E-state index in [0.29, 0.717) is 30.3 Å². The average Bonchev–Trinajstić information content (AvgIpc) is 3.54. The molecule has 3 heterocycles. The number of aromatic nitrogens is 1. The van der Waals surface area contributed by atoms with Crippen molar-refractivity contribution in [3.8, 4) is 5.75 Å². The minimum absolute atomic E-state index is 0.113. The summed E-state index contributed by atoms with van der Waals surface area (Å²) in [5, 5.41) is 6.03. The molecule has 1 aromatic heterocycles. The molecular weight excluding hydrogens is 599 g/mol. The van der Waals surface area contributed by atoms with Crippen LogP contribution < -0.4 is 15.4 Å². The molecule has 5 amide bonds. The van der Waals surface area contributed by atoms with E-state index < -0.39 is 36.7 Å². The fourth-order valence-corrected chi connectivity index (χ4v) is 5.90. The van der Waals surface area contributed by atoms with Gasteiger partial charge < -0.3 is 34.8 Å². The number of rotatable bonds is 10. The van der Waals surface area contributed by atoms with E-state index in [1.54, 1.807) is 24.0 Å². The molecule has 3 aliphatic rings. The van der Waals surface area contributed by atoms with Crippen LogP contribution in [0.15, 0.2) is 24.3 Å². The Morgan fingerprint density at radius 1 is 1.00 bits per heavy atom. The summed E-state index contributed by atoms with van der Waals surface area (Å²) in [6.07, 6.45) is 3.82. The molecule has 2 atom stereocenters. The van der Waals surface area contributed by atoms with E-state index in [2.05, 4.69) is 15.6 Å². The number of piperazine rings is 1. The second-order valence-corrected chi connectivity index (χ2v) is 11.9. The quantitative estimate of drug-likeness (QED) is 0.400. The summed E-state index contributed by atoms with van der Waals surface area (Å²) in [7, 11) is 0. The summed E-state index contributed by atoms with van der Waals surface area (Å²) in [4.78, 5) is 73.3. The van der Waals surface area contributed by atoms with Gasteiger partial charge in [-0.2, -0.15) is 0 Å². The highest BCUT2D eigenvalue weighted by molar-refractivity contribution is 5.99. The number of halogens is 1. The van der Waals surface area contributed by atoms with Crippen LogP contribution in [0.5, 0.6) is 5.75 Å². The molecule has 46 heavy (non-hydrogen) atoms. The molecular formula is C32H41FN6O7. The van der Waals surface area contributed by atoms with Gasteiger partial charge >= 0.3 is 6.09 Å². The highest BCUT2D eigenvalue weighted by Gasteiger charge is 2.36. The standard InChI is InChI=1S/C32H41FN6O7/c1-3-45-32(44)38-14-12-37(13-15-38)31(43)25(18-33)36-29(41)24-17-27(22-10-9-20(2)16-23(22)35-24)46-19-28(40)39-11-5-8-26(39)30(42)34-21-6-4-7-21/h9-10,16-17,21,25-26H,3-8,11-15,18-19H2,1-2H3,(H,34,42)(H,36,41). The largest absolute Gasteiger partial charge is 0.483 e. The first kappa shape index (κ1) is 32.9. The van der Waals surface area contributed by atoms with Crippen LogP contribution in [0.25, 0.3) is 10.9 Å². The molecule has 1 saturated carbocycles. The first-order valence-electron chi connectivity index (χ1n) is 15.9. The second-order valence-electron chi connectivity index (χ2n) is 11.9. The van der Waals surface area contributed by atoms with Crippen molar-refractivity contribution >= 4 is 40.6 Å². The Bertz CT molecular complexity index is 1480. The third kappa shape index (κ3) is 7.48. The molecule has 2 unspecified atom stereocenters. The maximum absolute atomic E-state index is 14.1. The number of amides is 5. The van der Waals surface area contributed by atoms with E-state index >= 15 is 0 Å². The number of likely N-dealkylation sites (tertiary alicyclic amines) is 1. The van der Waals surface area contributed by atoms with Crippen molar-refractivity contribution in [1.82, 2.24) is 30.3 Å². The van der Waals surface area contributed by atoms with Crippen LogP contribution in [0.1, 0.15) is 55.1 Å². The number of carbonyl (C=O) groups excluding carboxylic acids is 5. The van der Waals surface area contributed by atoms with Crippen LogP contribution in [0.4, 0.5) is 9.18 Å². The molecule has 14 heteroatoms. The Balaban J connectivity index is 1.25. The van der Waals surface area contributed by atoms with Crippen LogP contribution in [-0.4, -0.2) is 120 Å². The molecule has 0 radical (unpaired) electrons. The van der Waals surface area contributed by atoms with Crippen molar-refractivity contribution in [3.05, 3.63) is 35.5 Å². The zero-order valence-corrected chi connectivity index (χ0v) is 26.3. The van der Waals surface area contributed by atoms with Crippen molar-refractivity contribution in [1.29, 1.82) is 0 Å². The van der Waals surface area contributed by atoms with Gasteiger partial charge in [-0.3, -0.25) is 19.2 Å². The second kappa shape index (κ2) is 14.7. The molecule has 2 aromatic rings. The van der Waals surface area contributed by atoms with Gasteiger partial charge in [0.25, 0.3) is 11.8 Å². The van der Waals surface area contributed by atoms with Gasteiger partial charge in [0.05, 0.1) is 12.1 Å². The van der Waals surface area contributed by atoms with Crippen molar-refractivity contribution in [2.45, 2.75) is 64.1 Å². The predicted octanol–water partition coefficient (Wildman–Crippen LogP) is 1.95. The third-order valence-corrected chi connectivity index (χ3v) is 8.71. The van der Waals surface area contributed by atoms with E-state index in [1.165, 1.54) is 15.9 Å². The fourth-order valence-electron chi connectivity index (χ4n) is 5.90. The number of carbonyl (C=O) groups is 5. The molecule has 2 saturated heterocycles. The summed E-state index contributed by atoms with van der Waals surface area (Å²) >= 11 is 0. The summed E-state index contributed by atoms with van der Waals surface area (Å²) in [5.41, 5.74) is 1.18. The molecule has 2 N–H and O–H groups in total. The van der Waals surface area contributed by atoms with Crippen molar-refractivity contribution in [2.24, 2.45) is 0 Å². The highest BCUT2D eigenvalue weighted by atomic mass is 19.1. The van der Waals surface area contributed by atoms with Crippen molar-refractivity contribution in [2.75, 3.05) is 52.6 Å². The minimum atomic E-state index is -1.46. The summed E-state index contributed by atoms with van der Waals surface area (Å²) in [5.74, 6) is -1.67. The number of hydrogen-bond donors (Lipinski definition) is 2. The van der Waals surface area contributed by atoms with E-state index in [1.807, 2.05) is 13.0 Å². The summed E-state index contributed by atoms with van der Waals surface area (Å²) in [6.45, 7) is 3.55. The van der Waals surface area contributed by atoms with Gasteiger partial charge in [0, 0.05) is 50.2 Å². The van der Waals surface area contributed by atoms with E-state index in [4.69, 9.17) is 9.47 Å². The molecule has 0 bridgehead atoms. The monoisotopic (exact) mass is 640 g/mol. The Morgan fingerprint density at radius 3 is 2.41 bits per heavy atom. The first-order chi connectivity index (χ1) is 22.2. The minimum Gasteiger partial charge on any atom is -0.483 e. The molecule has 5 rings (SSSR count). The molecule has 248 valence electrons. The molecule has 1 aliphatic carbocycles. The number of alkyl halides is 1. The van der Waals surface area contributed by atoms with Crippen LogP contribution in [0.3, 0.4) is 0 Å². The van der Waals surface area contributed by atoms with Crippen LogP contribution in [-0.2, 0) is 19.1 Å². The van der Waals surface area contributed by atoms with Crippen LogP contribution >= 0.6 is 0 Å². The molecule has 1 aromatic carbocycles. The van der Waals surface area contributed by atoms with E-state index in [9.17, 15) is 28.4 Å². The maximum atomic E-state index is 14.1. The lowest BCUT2D eigenvalue weighted by Crippen LogP contribution is -2.56. The number of pyridine rings is 1. The van der Waals surface area contributed by atoms with Crippen molar-refractivity contribution < 1.29 is 37.8 Å². The number of nitrogens with one attached hydrogen (secondary N) is 2.